The monoisotopic (exact) mass is 272 g/mol. The van der Waals surface area contributed by atoms with Gasteiger partial charge in [-0.2, -0.15) is 0 Å². The highest BCUT2D eigenvalue weighted by molar-refractivity contribution is 9.11. The molecule has 0 radical (unpaired) electrons. The summed E-state index contributed by atoms with van der Waals surface area (Å²) in [5.74, 6) is 0.137. The number of phenols is 1. The van der Waals surface area contributed by atoms with Crippen molar-refractivity contribution in [3.8, 4) is 5.75 Å². The summed E-state index contributed by atoms with van der Waals surface area (Å²) >= 11 is 4.47. The zero-order valence-corrected chi connectivity index (χ0v) is 9.34. The van der Waals surface area contributed by atoms with Gasteiger partial charge in [0, 0.05) is 14.6 Å². The van der Waals surface area contributed by atoms with Crippen LogP contribution in [0.2, 0.25) is 0 Å². The average molecular weight is 273 g/mol. The van der Waals surface area contributed by atoms with Crippen molar-refractivity contribution >= 4 is 49.2 Å². The van der Waals surface area contributed by atoms with E-state index in [1.807, 2.05) is 6.07 Å². The number of phenolic OH excluding ortho intramolecular Hbond substituents is 1. The molecule has 0 spiro atoms. The minimum absolute atomic E-state index is 0.137. The van der Waals surface area contributed by atoms with E-state index in [0.29, 0.717) is 14.6 Å². The van der Waals surface area contributed by atoms with E-state index in [-0.39, 0.29) is 5.75 Å². The van der Waals surface area contributed by atoms with Gasteiger partial charge in [0.05, 0.1) is 4.78 Å². The molecule has 1 aromatic carbocycles. The summed E-state index contributed by atoms with van der Waals surface area (Å²) in [6.45, 7) is 0. The SMILES string of the molecule is OB(O)c1sc2cccc(O)c2c1Br. The predicted molar refractivity (Wildman–Crippen MR) is 61.0 cm³/mol. The van der Waals surface area contributed by atoms with Gasteiger partial charge in [0.1, 0.15) is 5.75 Å². The fraction of sp³-hybridized carbons (Fsp3) is 0. The Morgan fingerprint density at radius 2 is 2.00 bits per heavy atom. The number of hydrogen-bond acceptors (Lipinski definition) is 4. The molecule has 0 saturated carbocycles. The molecule has 0 amide bonds. The second kappa shape index (κ2) is 3.54. The zero-order chi connectivity index (χ0) is 10.3. The van der Waals surface area contributed by atoms with Crippen LogP contribution < -0.4 is 4.78 Å². The second-order valence-corrected chi connectivity index (χ2v) is 4.68. The Hall–Kier alpha value is -0.555. The average Bonchev–Trinajstić information content (AvgIpc) is 2.45. The van der Waals surface area contributed by atoms with Crippen LogP contribution in [-0.4, -0.2) is 22.3 Å². The lowest BCUT2D eigenvalue weighted by Crippen LogP contribution is -2.27. The van der Waals surface area contributed by atoms with Crippen molar-refractivity contribution in [3.05, 3.63) is 22.7 Å². The summed E-state index contributed by atoms with van der Waals surface area (Å²) in [6, 6.07) is 5.10. The van der Waals surface area contributed by atoms with Crippen molar-refractivity contribution in [2.24, 2.45) is 0 Å². The summed E-state index contributed by atoms with van der Waals surface area (Å²) in [5.41, 5.74) is 0. The van der Waals surface area contributed by atoms with Crippen LogP contribution >= 0.6 is 27.3 Å². The molecule has 0 aliphatic carbocycles. The van der Waals surface area contributed by atoms with Gasteiger partial charge in [0.15, 0.2) is 0 Å². The number of hydrogen-bond donors (Lipinski definition) is 3. The first-order chi connectivity index (χ1) is 6.61. The molecule has 72 valence electrons. The van der Waals surface area contributed by atoms with Crippen molar-refractivity contribution in [2.75, 3.05) is 0 Å². The highest BCUT2D eigenvalue weighted by atomic mass is 79.9. The van der Waals surface area contributed by atoms with E-state index in [1.165, 1.54) is 11.3 Å². The number of aromatic hydroxyl groups is 1. The van der Waals surface area contributed by atoms with Gasteiger partial charge in [-0.25, -0.2) is 0 Å². The maximum absolute atomic E-state index is 9.56. The second-order valence-electron chi connectivity index (χ2n) is 2.80. The molecule has 0 unspecified atom stereocenters. The molecule has 1 heterocycles. The third-order valence-electron chi connectivity index (χ3n) is 1.89. The molecule has 0 aliphatic rings. The molecule has 2 rings (SSSR count). The number of halogens is 1. The van der Waals surface area contributed by atoms with Crippen LogP contribution in [-0.2, 0) is 0 Å². The first kappa shape index (κ1) is 9.98. The minimum Gasteiger partial charge on any atom is -0.507 e. The first-order valence-electron chi connectivity index (χ1n) is 3.87. The summed E-state index contributed by atoms with van der Waals surface area (Å²) < 4.78 is 1.77. The number of fused-ring (bicyclic) bond motifs is 1. The lowest BCUT2D eigenvalue weighted by molar-refractivity contribution is 0.426. The van der Waals surface area contributed by atoms with E-state index < -0.39 is 7.12 Å². The van der Waals surface area contributed by atoms with Gasteiger partial charge in [-0.05, 0) is 28.1 Å². The van der Waals surface area contributed by atoms with Gasteiger partial charge < -0.3 is 15.2 Å². The first-order valence-corrected chi connectivity index (χ1v) is 5.48. The van der Waals surface area contributed by atoms with Crippen LogP contribution in [0.1, 0.15) is 0 Å². The molecular weight excluding hydrogens is 267 g/mol. The predicted octanol–water partition coefficient (Wildman–Crippen LogP) is 1.05. The van der Waals surface area contributed by atoms with Gasteiger partial charge in [-0.15, -0.1) is 11.3 Å². The largest absolute Gasteiger partial charge is 0.507 e. The minimum atomic E-state index is -1.51. The fourth-order valence-electron chi connectivity index (χ4n) is 1.28. The molecule has 3 N–H and O–H groups in total. The Labute approximate surface area is 92.9 Å². The fourth-order valence-corrected chi connectivity index (χ4v) is 3.26. The maximum atomic E-state index is 9.56. The lowest BCUT2D eigenvalue weighted by atomic mass is 9.89. The van der Waals surface area contributed by atoms with Gasteiger partial charge in [-0.1, -0.05) is 6.07 Å². The van der Waals surface area contributed by atoms with E-state index in [2.05, 4.69) is 15.9 Å². The Balaban J connectivity index is 2.81. The van der Waals surface area contributed by atoms with E-state index in [9.17, 15) is 5.11 Å². The standard InChI is InChI=1S/C8H6BBrO3S/c10-7-6-4(11)2-1-3-5(6)14-8(7)9(12)13/h1-3,11-13H. The third kappa shape index (κ3) is 1.44. The van der Waals surface area contributed by atoms with Crippen LogP contribution in [0.15, 0.2) is 22.7 Å². The smallest absolute Gasteiger partial charge is 0.500 e. The summed E-state index contributed by atoms with van der Waals surface area (Å²) in [4.78, 5) is 0. The quantitative estimate of drug-likeness (QED) is 0.680. The molecule has 6 heteroatoms. The topological polar surface area (TPSA) is 60.7 Å². The van der Waals surface area contributed by atoms with Crippen molar-refractivity contribution in [1.29, 1.82) is 0 Å². The van der Waals surface area contributed by atoms with Crippen LogP contribution in [0.5, 0.6) is 5.75 Å². The van der Waals surface area contributed by atoms with Gasteiger partial charge >= 0.3 is 7.12 Å². The van der Waals surface area contributed by atoms with Crippen LogP contribution in [0.3, 0.4) is 0 Å². The van der Waals surface area contributed by atoms with Crippen LogP contribution in [0, 0.1) is 0 Å². The van der Waals surface area contributed by atoms with E-state index in [1.54, 1.807) is 12.1 Å². The van der Waals surface area contributed by atoms with Gasteiger partial charge in [0.25, 0.3) is 0 Å². The van der Waals surface area contributed by atoms with Crippen molar-refractivity contribution in [1.82, 2.24) is 0 Å². The Bertz CT molecular complexity index is 483. The van der Waals surface area contributed by atoms with Crippen molar-refractivity contribution in [2.45, 2.75) is 0 Å². The van der Waals surface area contributed by atoms with Crippen LogP contribution in [0.25, 0.3) is 10.1 Å². The third-order valence-corrected chi connectivity index (χ3v) is 4.18. The zero-order valence-electron chi connectivity index (χ0n) is 6.94. The van der Waals surface area contributed by atoms with Crippen molar-refractivity contribution < 1.29 is 15.2 Å². The summed E-state index contributed by atoms with van der Waals surface area (Å²) in [6.07, 6.45) is 0. The molecule has 3 nitrogen and oxygen atoms in total. The molecular formula is C8H6BBrO3S. The Kier molecular flexibility index (Phi) is 2.53. The van der Waals surface area contributed by atoms with E-state index in [0.717, 1.165) is 4.70 Å². The Morgan fingerprint density at radius 3 is 2.57 bits per heavy atom. The lowest BCUT2D eigenvalue weighted by Gasteiger charge is -1.95. The van der Waals surface area contributed by atoms with Crippen molar-refractivity contribution in [3.63, 3.8) is 0 Å². The highest BCUT2D eigenvalue weighted by Crippen LogP contribution is 2.34. The van der Waals surface area contributed by atoms with E-state index in [4.69, 9.17) is 10.0 Å². The summed E-state index contributed by atoms with van der Waals surface area (Å²) in [7, 11) is -1.51. The molecule has 0 fully saturated rings. The van der Waals surface area contributed by atoms with Crippen LogP contribution in [0.4, 0.5) is 0 Å². The highest BCUT2D eigenvalue weighted by Gasteiger charge is 2.21. The maximum Gasteiger partial charge on any atom is 0.500 e. The normalized spacial score (nSPS) is 10.8. The van der Waals surface area contributed by atoms with Gasteiger partial charge in [0.2, 0.25) is 0 Å². The molecule has 2 aromatic rings. The summed E-state index contributed by atoms with van der Waals surface area (Å²) in [5, 5.41) is 28.3. The number of rotatable bonds is 1. The number of thiophene rings is 1. The molecule has 14 heavy (non-hydrogen) atoms. The Morgan fingerprint density at radius 1 is 1.29 bits per heavy atom. The molecule has 0 bridgehead atoms. The molecule has 1 aromatic heterocycles. The number of benzene rings is 1. The molecule has 0 saturated heterocycles. The van der Waals surface area contributed by atoms with Gasteiger partial charge in [-0.3, -0.25) is 0 Å². The molecule has 0 aliphatic heterocycles. The molecule has 0 atom stereocenters. The van der Waals surface area contributed by atoms with E-state index >= 15 is 0 Å².